The number of esters is 1. The van der Waals surface area contributed by atoms with Crippen LogP contribution in [0.1, 0.15) is 5.56 Å². The van der Waals surface area contributed by atoms with Crippen LogP contribution in [0.3, 0.4) is 0 Å². The highest BCUT2D eigenvalue weighted by Gasteiger charge is 2.09. The summed E-state index contributed by atoms with van der Waals surface area (Å²) >= 11 is 0. The molecule has 5 heteroatoms. The van der Waals surface area contributed by atoms with Gasteiger partial charge in [0.15, 0.2) is 11.5 Å². The fourth-order valence-corrected chi connectivity index (χ4v) is 3.50. The van der Waals surface area contributed by atoms with Gasteiger partial charge in [-0.1, -0.05) is 36.4 Å². The third-order valence-corrected chi connectivity index (χ3v) is 5.28. The number of benzene rings is 4. The smallest absolute Gasteiger partial charge is 0.336 e. The van der Waals surface area contributed by atoms with Crippen LogP contribution >= 0.6 is 0 Å². The number of ether oxygens (including phenoxy) is 4. The van der Waals surface area contributed by atoms with E-state index >= 15 is 0 Å². The lowest BCUT2D eigenvalue weighted by molar-refractivity contribution is -0.129. The van der Waals surface area contributed by atoms with Crippen molar-refractivity contribution in [1.29, 1.82) is 0 Å². The molecule has 0 radical (unpaired) electrons. The predicted molar refractivity (Wildman–Crippen MR) is 130 cm³/mol. The molecular weight excluding hydrogens is 416 g/mol. The van der Waals surface area contributed by atoms with E-state index < -0.39 is 5.97 Å². The molecular formula is C28H24O5. The van der Waals surface area contributed by atoms with Crippen molar-refractivity contribution in [3.05, 3.63) is 90.5 Å². The Balaban J connectivity index is 1.49. The van der Waals surface area contributed by atoms with E-state index in [0.29, 0.717) is 17.2 Å². The first-order valence-corrected chi connectivity index (χ1v) is 10.4. The Hall–Kier alpha value is -4.25. The molecule has 0 heterocycles. The van der Waals surface area contributed by atoms with Gasteiger partial charge in [-0.15, -0.1) is 0 Å². The molecule has 0 amide bonds. The first kappa shape index (κ1) is 22.0. The Kier molecular flexibility index (Phi) is 6.60. The van der Waals surface area contributed by atoms with Crippen molar-refractivity contribution in [1.82, 2.24) is 0 Å². The maximum atomic E-state index is 12.3. The number of fused-ring (bicyclic) bond motifs is 1. The normalized spacial score (nSPS) is 10.9. The van der Waals surface area contributed by atoms with Crippen molar-refractivity contribution in [3.8, 4) is 34.1 Å². The van der Waals surface area contributed by atoms with Crippen LogP contribution in [0.25, 0.3) is 28.0 Å². The Morgan fingerprint density at radius 3 is 2.03 bits per heavy atom. The van der Waals surface area contributed by atoms with Crippen LogP contribution in [0, 0.1) is 0 Å². The predicted octanol–water partition coefficient (Wildman–Crippen LogP) is 6.15. The lowest BCUT2D eigenvalue weighted by Gasteiger charge is -2.09. The van der Waals surface area contributed by atoms with Crippen molar-refractivity contribution in [2.75, 3.05) is 21.3 Å². The molecule has 0 unspecified atom stereocenters. The molecule has 166 valence electrons. The van der Waals surface area contributed by atoms with E-state index in [4.69, 9.17) is 18.9 Å². The van der Waals surface area contributed by atoms with Crippen LogP contribution in [-0.4, -0.2) is 27.3 Å². The minimum atomic E-state index is -0.492. The molecule has 0 fully saturated rings. The van der Waals surface area contributed by atoms with E-state index in [2.05, 4.69) is 18.2 Å². The summed E-state index contributed by atoms with van der Waals surface area (Å²) in [6.07, 6.45) is 3.13. The van der Waals surface area contributed by atoms with Crippen LogP contribution in [0.5, 0.6) is 23.0 Å². The molecule has 0 N–H and O–H groups in total. The molecule has 0 spiro atoms. The van der Waals surface area contributed by atoms with Gasteiger partial charge in [0.25, 0.3) is 0 Å². The molecule has 4 aromatic rings. The number of carbonyl (C=O) groups is 1. The highest BCUT2D eigenvalue weighted by molar-refractivity contribution is 5.92. The van der Waals surface area contributed by atoms with E-state index in [9.17, 15) is 4.79 Å². The van der Waals surface area contributed by atoms with E-state index in [1.54, 1.807) is 38.5 Å². The zero-order valence-electron chi connectivity index (χ0n) is 18.7. The highest BCUT2D eigenvalue weighted by Crippen LogP contribution is 2.31. The van der Waals surface area contributed by atoms with Gasteiger partial charge in [-0.05, 0) is 69.9 Å². The second-order valence-corrected chi connectivity index (χ2v) is 7.32. The molecule has 4 rings (SSSR count). The number of methoxy groups -OCH3 is 3. The molecule has 0 atom stereocenters. The molecule has 0 bridgehead atoms. The zero-order chi connectivity index (χ0) is 23.2. The SMILES string of the molecule is COc1ccc(-c2ccc3cc(/C=C/C(=O)Oc4ccc(OC)cc4OC)ccc3c2)cc1. The van der Waals surface area contributed by atoms with Crippen molar-refractivity contribution in [2.24, 2.45) is 0 Å². The maximum absolute atomic E-state index is 12.3. The van der Waals surface area contributed by atoms with Crippen LogP contribution in [0.15, 0.2) is 84.9 Å². The van der Waals surface area contributed by atoms with Crippen LogP contribution in [-0.2, 0) is 4.79 Å². The largest absolute Gasteiger partial charge is 0.497 e. The van der Waals surface area contributed by atoms with Crippen LogP contribution in [0.2, 0.25) is 0 Å². The van der Waals surface area contributed by atoms with Gasteiger partial charge in [0.1, 0.15) is 11.5 Å². The number of carbonyl (C=O) groups excluding carboxylic acids is 1. The van der Waals surface area contributed by atoms with Gasteiger partial charge in [0, 0.05) is 12.1 Å². The lowest BCUT2D eigenvalue weighted by atomic mass is 10.00. The average molecular weight is 440 g/mol. The Bertz CT molecular complexity index is 1310. The molecule has 5 nitrogen and oxygen atoms in total. The minimum absolute atomic E-state index is 0.331. The fourth-order valence-electron chi connectivity index (χ4n) is 3.50. The van der Waals surface area contributed by atoms with Crippen molar-refractivity contribution >= 4 is 22.8 Å². The molecule has 4 aromatic carbocycles. The second-order valence-electron chi connectivity index (χ2n) is 7.32. The summed E-state index contributed by atoms with van der Waals surface area (Å²) in [5.41, 5.74) is 3.15. The topological polar surface area (TPSA) is 54.0 Å². The Morgan fingerprint density at radius 2 is 1.30 bits per heavy atom. The molecule has 0 aromatic heterocycles. The van der Waals surface area contributed by atoms with Gasteiger partial charge >= 0.3 is 5.97 Å². The van der Waals surface area contributed by atoms with Gasteiger partial charge in [-0.2, -0.15) is 0 Å². The van der Waals surface area contributed by atoms with Crippen molar-refractivity contribution < 1.29 is 23.7 Å². The number of hydrogen-bond donors (Lipinski definition) is 0. The highest BCUT2D eigenvalue weighted by atomic mass is 16.6. The van der Waals surface area contributed by atoms with Gasteiger partial charge in [0.2, 0.25) is 0 Å². The van der Waals surface area contributed by atoms with E-state index in [1.165, 1.54) is 13.2 Å². The van der Waals surface area contributed by atoms with Gasteiger partial charge in [0.05, 0.1) is 21.3 Å². The number of hydrogen-bond acceptors (Lipinski definition) is 5. The van der Waals surface area contributed by atoms with E-state index in [0.717, 1.165) is 33.2 Å². The minimum Gasteiger partial charge on any atom is -0.497 e. The second kappa shape index (κ2) is 9.92. The van der Waals surface area contributed by atoms with Crippen LogP contribution in [0.4, 0.5) is 0 Å². The van der Waals surface area contributed by atoms with Crippen molar-refractivity contribution in [3.63, 3.8) is 0 Å². The molecule has 33 heavy (non-hydrogen) atoms. The summed E-state index contributed by atoms with van der Waals surface area (Å²) in [5, 5.41) is 2.20. The zero-order valence-corrected chi connectivity index (χ0v) is 18.7. The Morgan fingerprint density at radius 1 is 0.636 bits per heavy atom. The summed E-state index contributed by atoms with van der Waals surface area (Å²) < 4.78 is 21.1. The monoisotopic (exact) mass is 440 g/mol. The van der Waals surface area contributed by atoms with Gasteiger partial charge < -0.3 is 18.9 Å². The molecule has 0 aliphatic rings. The quantitative estimate of drug-likeness (QED) is 0.196. The van der Waals surface area contributed by atoms with E-state index in [1.807, 2.05) is 42.5 Å². The maximum Gasteiger partial charge on any atom is 0.336 e. The number of rotatable bonds is 7. The first-order chi connectivity index (χ1) is 16.1. The first-order valence-electron chi connectivity index (χ1n) is 10.4. The Labute approximate surface area is 192 Å². The fraction of sp³-hybridized carbons (Fsp3) is 0.107. The summed E-state index contributed by atoms with van der Waals surface area (Å²) in [6, 6.07) is 25.4. The molecule has 0 aliphatic carbocycles. The summed E-state index contributed by atoms with van der Waals surface area (Å²) in [7, 11) is 4.73. The summed E-state index contributed by atoms with van der Waals surface area (Å²) in [6.45, 7) is 0. The molecule has 0 saturated heterocycles. The van der Waals surface area contributed by atoms with Crippen LogP contribution < -0.4 is 18.9 Å². The third kappa shape index (κ3) is 5.15. The molecule has 0 aliphatic heterocycles. The van der Waals surface area contributed by atoms with Crippen molar-refractivity contribution in [2.45, 2.75) is 0 Å². The van der Waals surface area contributed by atoms with E-state index in [-0.39, 0.29) is 0 Å². The molecule has 0 saturated carbocycles. The standard InChI is InChI=1S/C28H24O5/c1-30-24-11-9-20(10-12-24)22-8-7-21-16-19(4-6-23(21)17-22)5-15-28(29)33-26-14-13-25(31-2)18-27(26)32-3/h4-18H,1-3H3/b15-5+. The lowest BCUT2D eigenvalue weighted by Crippen LogP contribution is -2.05. The average Bonchev–Trinajstić information content (AvgIpc) is 2.87. The van der Waals surface area contributed by atoms with Gasteiger partial charge in [-0.3, -0.25) is 0 Å². The van der Waals surface area contributed by atoms with Gasteiger partial charge in [-0.25, -0.2) is 4.79 Å². The summed E-state index contributed by atoms with van der Waals surface area (Å²) in [4.78, 5) is 12.3. The summed E-state index contributed by atoms with van der Waals surface area (Å²) in [5.74, 6) is 1.72. The third-order valence-electron chi connectivity index (χ3n) is 5.28.